The van der Waals surface area contributed by atoms with E-state index in [1.54, 1.807) is 0 Å². The zero-order valence-electron chi connectivity index (χ0n) is 11.4. The smallest absolute Gasteiger partial charge is 0.120 e. The third-order valence-electron chi connectivity index (χ3n) is 3.59. The molecule has 19 heavy (non-hydrogen) atoms. The zero-order chi connectivity index (χ0) is 13.2. The van der Waals surface area contributed by atoms with Gasteiger partial charge in [0, 0.05) is 0 Å². The molecule has 3 aromatic carbocycles. The molecule has 0 aliphatic heterocycles. The first-order chi connectivity index (χ1) is 9.26. The van der Waals surface area contributed by atoms with Gasteiger partial charge in [-0.3, -0.25) is 0 Å². The fourth-order valence-electron chi connectivity index (χ4n) is 2.31. The predicted octanol–water partition coefficient (Wildman–Crippen LogP) is 5.17. The number of rotatable bonds is 3. The van der Waals surface area contributed by atoms with Gasteiger partial charge < -0.3 is 4.74 Å². The molecule has 0 amide bonds. The lowest BCUT2D eigenvalue weighted by molar-refractivity contribution is 0.218. The molecule has 0 N–H and O–H groups in total. The summed E-state index contributed by atoms with van der Waals surface area (Å²) >= 11 is 0. The molecule has 1 atom stereocenters. The molecule has 0 saturated heterocycles. The Balaban J connectivity index is 2.09. The Morgan fingerprint density at radius 1 is 0.842 bits per heavy atom. The highest BCUT2D eigenvalue weighted by molar-refractivity contribution is 5.98. The highest BCUT2D eigenvalue weighted by Gasteiger charge is 2.03. The Bertz CT molecular complexity index is 715. The summed E-state index contributed by atoms with van der Waals surface area (Å²) in [6.45, 7) is 4.24. The Hall–Kier alpha value is -2.02. The van der Waals surface area contributed by atoms with E-state index >= 15 is 0 Å². The summed E-state index contributed by atoms with van der Waals surface area (Å²) in [6.07, 6.45) is 1.29. The summed E-state index contributed by atoms with van der Waals surface area (Å²) in [5.74, 6) is 0.956. The lowest BCUT2D eigenvalue weighted by Gasteiger charge is -2.13. The van der Waals surface area contributed by atoms with Gasteiger partial charge in [0.2, 0.25) is 0 Å². The molecule has 0 aromatic heterocycles. The molecule has 0 spiro atoms. The van der Waals surface area contributed by atoms with Gasteiger partial charge in [-0.2, -0.15) is 0 Å². The van der Waals surface area contributed by atoms with Crippen molar-refractivity contribution in [3.63, 3.8) is 0 Å². The van der Waals surface area contributed by atoms with Gasteiger partial charge in [0.25, 0.3) is 0 Å². The van der Waals surface area contributed by atoms with Crippen molar-refractivity contribution in [3.8, 4) is 5.75 Å². The molecule has 3 rings (SSSR count). The van der Waals surface area contributed by atoms with Gasteiger partial charge in [0.15, 0.2) is 0 Å². The normalized spacial score (nSPS) is 12.7. The van der Waals surface area contributed by atoms with Crippen LogP contribution in [0.3, 0.4) is 0 Å². The fourth-order valence-corrected chi connectivity index (χ4v) is 2.31. The van der Waals surface area contributed by atoms with Crippen molar-refractivity contribution < 1.29 is 4.74 Å². The van der Waals surface area contributed by atoms with Gasteiger partial charge in [-0.15, -0.1) is 0 Å². The second kappa shape index (κ2) is 4.93. The minimum Gasteiger partial charge on any atom is -0.491 e. The van der Waals surface area contributed by atoms with E-state index in [9.17, 15) is 0 Å². The SMILES string of the molecule is CCC(C)Oc1ccc2cc3ccccc3cc2c1. The van der Waals surface area contributed by atoms with Gasteiger partial charge in [0.05, 0.1) is 6.10 Å². The van der Waals surface area contributed by atoms with Crippen LogP contribution >= 0.6 is 0 Å². The average molecular weight is 250 g/mol. The van der Waals surface area contributed by atoms with Crippen LogP contribution in [0.25, 0.3) is 21.5 Å². The van der Waals surface area contributed by atoms with Crippen LogP contribution < -0.4 is 4.74 Å². The first-order valence-electron chi connectivity index (χ1n) is 6.85. The highest BCUT2D eigenvalue weighted by Crippen LogP contribution is 2.26. The van der Waals surface area contributed by atoms with Crippen LogP contribution in [0.15, 0.2) is 54.6 Å². The Morgan fingerprint density at radius 2 is 1.47 bits per heavy atom. The van der Waals surface area contributed by atoms with Gasteiger partial charge in [0.1, 0.15) is 5.75 Å². The minimum atomic E-state index is 0.262. The molecule has 0 aliphatic rings. The lowest BCUT2D eigenvalue weighted by atomic mass is 10.0. The topological polar surface area (TPSA) is 9.23 Å². The van der Waals surface area contributed by atoms with Crippen LogP contribution in [0.1, 0.15) is 20.3 Å². The molecular weight excluding hydrogens is 232 g/mol. The van der Waals surface area contributed by atoms with Gasteiger partial charge in [-0.25, -0.2) is 0 Å². The summed E-state index contributed by atoms with van der Waals surface area (Å²) in [4.78, 5) is 0. The van der Waals surface area contributed by atoms with Crippen LogP contribution in [0, 0.1) is 0 Å². The van der Waals surface area contributed by atoms with Crippen LogP contribution in [0.2, 0.25) is 0 Å². The standard InChI is InChI=1S/C18H18O/c1-3-13(2)19-18-9-8-16-10-14-6-4-5-7-15(14)11-17(16)12-18/h4-13H,3H2,1-2H3. The molecule has 96 valence electrons. The number of hydrogen-bond acceptors (Lipinski definition) is 1. The molecule has 3 aromatic rings. The molecule has 1 nitrogen and oxygen atoms in total. The van der Waals surface area contributed by atoms with Crippen molar-refractivity contribution >= 4 is 21.5 Å². The van der Waals surface area contributed by atoms with Crippen molar-refractivity contribution in [1.82, 2.24) is 0 Å². The largest absolute Gasteiger partial charge is 0.491 e. The maximum absolute atomic E-state index is 5.88. The number of ether oxygens (including phenoxy) is 1. The second-order valence-electron chi connectivity index (χ2n) is 5.05. The van der Waals surface area contributed by atoms with Crippen molar-refractivity contribution in [2.24, 2.45) is 0 Å². The predicted molar refractivity (Wildman–Crippen MR) is 81.8 cm³/mol. The third kappa shape index (κ3) is 2.41. The molecule has 0 bridgehead atoms. The van der Waals surface area contributed by atoms with E-state index in [1.807, 2.05) is 0 Å². The number of benzene rings is 3. The quantitative estimate of drug-likeness (QED) is 0.583. The lowest BCUT2D eigenvalue weighted by Crippen LogP contribution is -2.09. The molecule has 0 heterocycles. The first kappa shape index (κ1) is 12.0. The monoisotopic (exact) mass is 250 g/mol. The first-order valence-corrected chi connectivity index (χ1v) is 6.85. The van der Waals surface area contributed by atoms with Gasteiger partial charge in [-0.1, -0.05) is 37.3 Å². The molecule has 1 unspecified atom stereocenters. The van der Waals surface area contributed by atoms with Crippen LogP contribution in [0.4, 0.5) is 0 Å². The summed E-state index contributed by atoms with van der Waals surface area (Å²) in [6, 6.07) is 19.3. The Labute approximate surface area is 113 Å². The van der Waals surface area contributed by atoms with Gasteiger partial charge in [-0.05, 0) is 59.2 Å². The van der Waals surface area contributed by atoms with Crippen molar-refractivity contribution in [1.29, 1.82) is 0 Å². The van der Waals surface area contributed by atoms with Gasteiger partial charge >= 0.3 is 0 Å². The highest BCUT2D eigenvalue weighted by atomic mass is 16.5. The van der Waals surface area contributed by atoms with E-state index in [1.165, 1.54) is 21.5 Å². The van der Waals surface area contributed by atoms with E-state index in [-0.39, 0.29) is 6.10 Å². The summed E-state index contributed by atoms with van der Waals surface area (Å²) in [7, 11) is 0. The van der Waals surface area contributed by atoms with Crippen molar-refractivity contribution in [2.75, 3.05) is 0 Å². The maximum Gasteiger partial charge on any atom is 0.120 e. The van der Waals surface area contributed by atoms with E-state index in [4.69, 9.17) is 4.74 Å². The molecule has 0 saturated carbocycles. The van der Waals surface area contributed by atoms with E-state index < -0.39 is 0 Å². The van der Waals surface area contributed by atoms with Crippen molar-refractivity contribution in [3.05, 3.63) is 54.6 Å². The van der Waals surface area contributed by atoms with Crippen molar-refractivity contribution in [2.45, 2.75) is 26.4 Å². The Kier molecular flexibility index (Phi) is 3.12. The Morgan fingerprint density at radius 3 is 2.16 bits per heavy atom. The third-order valence-corrected chi connectivity index (χ3v) is 3.59. The zero-order valence-corrected chi connectivity index (χ0v) is 11.4. The van der Waals surface area contributed by atoms with E-state index in [0.717, 1.165) is 12.2 Å². The summed E-state index contributed by atoms with van der Waals surface area (Å²) in [5.41, 5.74) is 0. The fraction of sp³-hybridized carbons (Fsp3) is 0.222. The van der Waals surface area contributed by atoms with E-state index in [2.05, 4.69) is 68.4 Å². The summed E-state index contributed by atoms with van der Waals surface area (Å²) < 4.78 is 5.88. The van der Waals surface area contributed by atoms with E-state index in [0.29, 0.717) is 0 Å². The minimum absolute atomic E-state index is 0.262. The maximum atomic E-state index is 5.88. The average Bonchev–Trinajstić information content (AvgIpc) is 2.45. The van der Waals surface area contributed by atoms with Crippen LogP contribution in [-0.2, 0) is 0 Å². The molecule has 0 radical (unpaired) electrons. The van der Waals surface area contributed by atoms with Crippen LogP contribution in [0.5, 0.6) is 5.75 Å². The number of hydrogen-bond donors (Lipinski definition) is 0. The number of fused-ring (bicyclic) bond motifs is 2. The molecule has 0 fully saturated rings. The molecular formula is C18H18O. The molecule has 0 aliphatic carbocycles. The summed E-state index contributed by atoms with van der Waals surface area (Å²) in [5, 5.41) is 5.05. The second-order valence-corrected chi connectivity index (χ2v) is 5.05. The molecule has 1 heteroatoms. The van der Waals surface area contributed by atoms with Crippen LogP contribution in [-0.4, -0.2) is 6.10 Å².